The van der Waals surface area contributed by atoms with E-state index in [9.17, 15) is 4.79 Å². The summed E-state index contributed by atoms with van der Waals surface area (Å²) >= 11 is 6.70. The highest BCUT2D eigenvalue weighted by molar-refractivity contribution is 9.28. The van der Waals surface area contributed by atoms with Gasteiger partial charge in [-0.25, -0.2) is 4.79 Å². The average molecular weight is 382 g/mol. The third kappa shape index (κ3) is 4.21. The quantitative estimate of drug-likeness (QED) is 0.687. The highest BCUT2D eigenvalue weighted by Gasteiger charge is 2.37. The van der Waals surface area contributed by atoms with Crippen LogP contribution >= 0.6 is 31.9 Å². The second-order valence-corrected chi connectivity index (χ2v) is 8.07. The summed E-state index contributed by atoms with van der Waals surface area (Å²) in [6.45, 7) is 6.43. The third-order valence-electron chi connectivity index (χ3n) is 2.95. The molecule has 3 nitrogen and oxygen atoms in total. The molecule has 0 fully saturated rings. The van der Waals surface area contributed by atoms with E-state index in [1.165, 1.54) is 0 Å². The summed E-state index contributed by atoms with van der Waals surface area (Å²) < 4.78 is 11.2. The maximum absolute atomic E-state index is 11.4. The van der Waals surface area contributed by atoms with Gasteiger partial charge >= 0.3 is 5.97 Å². The summed E-state index contributed by atoms with van der Waals surface area (Å²) in [5, 5.41) is 0. The molecule has 102 valence electrons. The van der Waals surface area contributed by atoms with E-state index < -0.39 is 6.29 Å². The molecule has 0 aromatic carbocycles. The number of ether oxygens (including phenoxy) is 2. The molecular formula is C13H18Br2O3. The Morgan fingerprint density at radius 3 is 2.61 bits per heavy atom. The van der Waals surface area contributed by atoms with Crippen LogP contribution in [-0.4, -0.2) is 19.4 Å². The first kappa shape index (κ1) is 15.9. The SMILES string of the molecule is CO[C@H]1OC(=O)C=C1C(CC=C(Br)Br)C(C)(C)C. The van der Waals surface area contributed by atoms with E-state index >= 15 is 0 Å². The lowest BCUT2D eigenvalue weighted by Crippen LogP contribution is -2.28. The minimum Gasteiger partial charge on any atom is -0.428 e. The van der Waals surface area contributed by atoms with Crippen LogP contribution < -0.4 is 0 Å². The Balaban J connectivity index is 3.00. The van der Waals surface area contributed by atoms with Crippen LogP contribution in [-0.2, 0) is 14.3 Å². The molecule has 2 atom stereocenters. The number of esters is 1. The molecule has 0 radical (unpaired) electrons. The lowest BCUT2D eigenvalue weighted by atomic mass is 9.74. The number of hydrogen-bond donors (Lipinski definition) is 0. The smallest absolute Gasteiger partial charge is 0.333 e. The van der Waals surface area contributed by atoms with E-state index in [1.54, 1.807) is 13.2 Å². The largest absolute Gasteiger partial charge is 0.428 e. The second kappa shape index (κ2) is 6.35. The average Bonchev–Trinajstić information content (AvgIpc) is 2.57. The first-order valence-corrected chi connectivity index (χ1v) is 7.30. The minimum absolute atomic E-state index is 0.0164. The zero-order valence-corrected chi connectivity index (χ0v) is 14.2. The fraction of sp³-hybridized carbons (Fsp3) is 0.615. The van der Waals surface area contributed by atoms with Gasteiger partial charge in [0.1, 0.15) is 0 Å². The number of hydrogen-bond acceptors (Lipinski definition) is 3. The molecule has 0 bridgehead atoms. The molecule has 18 heavy (non-hydrogen) atoms. The number of cyclic esters (lactones) is 1. The molecule has 5 heteroatoms. The molecule has 0 aromatic rings. The van der Waals surface area contributed by atoms with Crippen molar-refractivity contribution in [3.8, 4) is 0 Å². The van der Waals surface area contributed by atoms with Crippen LogP contribution in [0.1, 0.15) is 27.2 Å². The van der Waals surface area contributed by atoms with E-state index in [1.807, 2.05) is 6.08 Å². The maximum atomic E-state index is 11.4. The van der Waals surface area contributed by atoms with Crippen molar-refractivity contribution in [3.63, 3.8) is 0 Å². The van der Waals surface area contributed by atoms with Crippen LogP contribution in [0.4, 0.5) is 0 Å². The van der Waals surface area contributed by atoms with E-state index in [4.69, 9.17) is 9.47 Å². The molecule has 0 saturated carbocycles. The Labute approximate surface area is 125 Å². The Bertz CT molecular complexity index is 376. The molecule has 0 saturated heterocycles. The molecule has 0 aliphatic carbocycles. The fourth-order valence-electron chi connectivity index (χ4n) is 2.06. The van der Waals surface area contributed by atoms with Gasteiger partial charge in [0.15, 0.2) is 0 Å². The highest BCUT2D eigenvalue weighted by atomic mass is 79.9. The van der Waals surface area contributed by atoms with E-state index in [-0.39, 0.29) is 17.3 Å². The number of halogens is 2. The first-order valence-electron chi connectivity index (χ1n) is 5.71. The van der Waals surface area contributed by atoms with Gasteiger partial charge in [-0.3, -0.25) is 0 Å². The molecular weight excluding hydrogens is 364 g/mol. The van der Waals surface area contributed by atoms with Crippen molar-refractivity contribution >= 4 is 37.8 Å². The van der Waals surface area contributed by atoms with Crippen LogP contribution in [0.3, 0.4) is 0 Å². The Kier molecular flexibility index (Phi) is 5.62. The van der Waals surface area contributed by atoms with Gasteiger partial charge in [-0.2, -0.15) is 0 Å². The fourth-order valence-corrected chi connectivity index (χ4v) is 2.43. The first-order chi connectivity index (χ1) is 8.25. The lowest BCUT2D eigenvalue weighted by Gasteiger charge is -2.32. The topological polar surface area (TPSA) is 35.5 Å². The van der Waals surface area contributed by atoms with E-state index in [0.29, 0.717) is 0 Å². The number of carbonyl (C=O) groups is 1. The van der Waals surface area contributed by atoms with Gasteiger partial charge in [-0.1, -0.05) is 26.8 Å². The summed E-state index contributed by atoms with van der Waals surface area (Å²) in [4.78, 5) is 11.4. The molecule has 1 unspecified atom stereocenters. The summed E-state index contributed by atoms with van der Waals surface area (Å²) in [6, 6.07) is 0. The lowest BCUT2D eigenvalue weighted by molar-refractivity contribution is -0.156. The van der Waals surface area contributed by atoms with Gasteiger partial charge in [0.05, 0.1) is 3.39 Å². The molecule has 0 amide bonds. The van der Waals surface area contributed by atoms with Gasteiger partial charge in [0.2, 0.25) is 6.29 Å². The van der Waals surface area contributed by atoms with E-state index in [0.717, 1.165) is 15.4 Å². The predicted octanol–water partition coefficient (Wildman–Crippen LogP) is 4.13. The standard InChI is InChI=1S/C13H18Br2O3/c1-13(2,3)9(5-6-10(14)15)8-7-11(16)18-12(8)17-4/h6-7,9,12H,5H2,1-4H3/t9?,12-/m0/s1. The second-order valence-electron chi connectivity index (χ2n) is 5.30. The third-order valence-corrected chi connectivity index (χ3v) is 3.60. The Morgan fingerprint density at radius 1 is 1.56 bits per heavy atom. The molecule has 0 N–H and O–H groups in total. The summed E-state index contributed by atoms with van der Waals surface area (Å²) in [6.07, 6.45) is 3.84. The van der Waals surface area contributed by atoms with Crippen LogP contribution in [0.2, 0.25) is 0 Å². The van der Waals surface area contributed by atoms with Crippen molar-refractivity contribution in [1.29, 1.82) is 0 Å². The zero-order chi connectivity index (χ0) is 13.9. The minimum atomic E-state index is -0.552. The summed E-state index contributed by atoms with van der Waals surface area (Å²) in [5.74, 6) is -0.146. The zero-order valence-electron chi connectivity index (χ0n) is 11.0. The molecule has 1 rings (SSSR count). The van der Waals surface area contributed by atoms with Crippen molar-refractivity contribution in [2.75, 3.05) is 7.11 Å². The van der Waals surface area contributed by atoms with Crippen molar-refractivity contribution < 1.29 is 14.3 Å². The van der Waals surface area contributed by atoms with Gasteiger partial charge in [0.25, 0.3) is 0 Å². The van der Waals surface area contributed by atoms with Crippen molar-refractivity contribution in [2.24, 2.45) is 11.3 Å². The van der Waals surface area contributed by atoms with Gasteiger partial charge < -0.3 is 9.47 Å². The van der Waals surface area contributed by atoms with Crippen molar-refractivity contribution in [3.05, 3.63) is 21.1 Å². The Morgan fingerprint density at radius 2 is 2.17 bits per heavy atom. The summed E-state index contributed by atoms with van der Waals surface area (Å²) in [7, 11) is 1.55. The normalized spacial score (nSPS) is 21.3. The number of methoxy groups -OCH3 is 1. The molecule has 0 aromatic heterocycles. The summed E-state index contributed by atoms with van der Waals surface area (Å²) in [5.41, 5.74) is 0.926. The monoisotopic (exact) mass is 380 g/mol. The molecule has 1 aliphatic heterocycles. The predicted molar refractivity (Wildman–Crippen MR) is 78.5 cm³/mol. The van der Waals surface area contributed by atoms with Crippen LogP contribution in [0.5, 0.6) is 0 Å². The van der Waals surface area contributed by atoms with E-state index in [2.05, 4.69) is 52.6 Å². The van der Waals surface area contributed by atoms with Gasteiger partial charge in [-0.05, 0) is 49.6 Å². The highest BCUT2D eigenvalue weighted by Crippen LogP contribution is 2.40. The molecule has 0 spiro atoms. The van der Waals surface area contributed by atoms with Gasteiger partial charge in [-0.15, -0.1) is 0 Å². The van der Waals surface area contributed by atoms with Crippen molar-refractivity contribution in [2.45, 2.75) is 33.5 Å². The molecule has 1 aliphatic rings. The molecule has 1 heterocycles. The number of rotatable bonds is 4. The maximum Gasteiger partial charge on any atom is 0.333 e. The van der Waals surface area contributed by atoms with Crippen LogP contribution in [0.15, 0.2) is 21.1 Å². The van der Waals surface area contributed by atoms with Crippen LogP contribution in [0, 0.1) is 11.3 Å². The van der Waals surface area contributed by atoms with Crippen molar-refractivity contribution in [1.82, 2.24) is 0 Å². The van der Waals surface area contributed by atoms with Crippen LogP contribution in [0.25, 0.3) is 0 Å². The number of allylic oxidation sites excluding steroid dienone is 1. The number of carbonyl (C=O) groups excluding carboxylic acids is 1. The van der Waals surface area contributed by atoms with Gasteiger partial charge in [0, 0.05) is 18.8 Å². The Hall–Kier alpha value is -0.130.